The predicted octanol–water partition coefficient (Wildman–Crippen LogP) is 2.95. The molecule has 2 rings (SSSR count). The molecule has 2 aromatic rings. The maximum Gasteiger partial charge on any atom is 0.262 e. The van der Waals surface area contributed by atoms with Gasteiger partial charge >= 0.3 is 0 Å². The van der Waals surface area contributed by atoms with Gasteiger partial charge in [-0.3, -0.25) is 4.79 Å². The van der Waals surface area contributed by atoms with Crippen molar-refractivity contribution in [2.45, 2.75) is 19.8 Å². The molecule has 0 unspecified atom stereocenters. The summed E-state index contributed by atoms with van der Waals surface area (Å²) in [5, 5.41) is 13.6. The molecule has 1 N–H and O–H groups in total. The Morgan fingerprint density at radius 1 is 1.17 bits per heavy atom. The Kier molecular flexibility index (Phi) is 5.98. The van der Waals surface area contributed by atoms with Crippen molar-refractivity contribution < 1.29 is 19.4 Å². The molecule has 1 amide bonds. The largest absolute Gasteiger partial charge is 0.545 e. The van der Waals surface area contributed by atoms with E-state index in [0.29, 0.717) is 16.1 Å². The predicted molar refractivity (Wildman–Crippen MR) is 93.1 cm³/mol. The summed E-state index contributed by atoms with van der Waals surface area (Å²) < 4.78 is 6.00. The van der Waals surface area contributed by atoms with Crippen molar-refractivity contribution in [1.29, 1.82) is 0 Å². The number of anilines is 1. The summed E-state index contributed by atoms with van der Waals surface area (Å²) in [7, 11) is 0. The number of carbonyl (C=O) groups is 2. The topological polar surface area (TPSA) is 78.5 Å². The molecule has 0 spiro atoms. The van der Waals surface area contributed by atoms with Crippen LogP contribution in [-0.4, -0.2) is 18.5 Å². The lowest BCUT2D eigenvalue weighted by molar-refractivity contribution is -0.254. The molecule has 0 aliphatic carbocycles. The van der Waals surface area contributed by atoms with Crippen molar-refractivity contribution in [2.24, 2.45) is 0 Å². The van der Waals surface area contributed by atoms with Gasteiger partial charge in [0.1, 0.15) is 5.75 Å². The molecule has 0 bridgehead atoms. The Morgan fingerprint density at radius 2 is 1.83 bits per heavy atom. The molecule has 126 valence electrons. The normalized spacial score (nSPS) is 10.5. The summed E-state index contributed by atoms with van der Waals surface area (Å²) in [6, 6.07) is 12.0. The number of hydrogen-bond acceptors (Lipinski definition) is 4. The van der Waals surface area contributed by atoms with E-state index in [-0.39, 0.29) is 17.9 Å². The fourth-order valence-corrected chi connectivity index (χ4v) is 2.44. The second-order valence-electron chi connectivity index (χ2n) is 5.54. The molecule has 0 aromatic heterocycles. The van der Waals surface area contributed by atoms with E-state index in [1.165, 1.54) is 17.7 Å². The number of benzene rings is 2. The number of hydrogen-bond donors (Lipinski definition) is 1. The molecule has 0 saturated heterocycles. The first-order valence-corrected chi connectivity index (χ1v) is 8.19. The average molecular weight is 391 g/mol. The number of carboxylic acid groups (broad SMARTS) is 1. The first-order chi connectivity index (χ1) is 11.4. The smallest absolute Gasteiger partial charge is 0.262 e. The summed E-state index contributed by atoms with van der Waals surface area (Å²) in [6.45, 7) is 3.97. The molecule has 0 aliphatic heterocycles. The molecule has 0 radical (unpaired) electrons. The van der Waals surface area contributed by atoms with E-state index in [1.54, 1.807) is 18.2 Å². The molecule has 24 heavy (non-hydrogen) atoms. The van der Waals surface area contributed by atoms with Crippen molar-refractivity contribution in [3.05, 3.63) is 58.1 Å². The lowest BCUT2D eigenvalue weighted by Gasteiger charge is -2.13. The first-order valence-electron chi connectivity index (χ1n) is 7.40. The second kappa shape index (κ2) is 7.97. The Labute approximate surface area is 148 Å². The molecule has 0 aliphatic rings. The summed E-state index contributed by atoms with van der Waals surface area (Å²) in [6.07, 6.45) is 0. The van der Waals surface area contributed by atoms with Crippen LogP contribution in [0.4, 0.5) is 5.69 Å². The van der Waals surface area contributed by atoms with Gasteiger partial charge in [-0.15, -0.1) is 0 Å². The third-order valence-electron chi connectivity index (χ3n) is 3.39. The minimum atomic E-state index is -1.36. The van der Waals surface area contributed by atoms with Crippen molar-refractivity contribution in [2.75, 3.05) is 11.9 Å². The van der Waals surface area contributed by atoms with Crippen LogP contribution < -0.4 is 15.2 Å². The van der Waals surface area contributed by atoms with Crippen LogP contribution in [0.3, 0.4) is 0 Å². The van der Waals surface area contributed by atoms with E-state index in [0.717, 1.165) is 0 Å². The first kappa shape index (κ1) is 18.0. The standard InChI is InChI=1S/C18H18BrNO4/c1-11(2)12-3-6-14(7-4-12)24-10-17(21)20-16-8-5-13(19)9-15(16)18(22)23/h3-9,11H,10H2,1-2H3,(H,20,21)(H,22,23)/p-1. The zero-order valence-electron chi connectivity index (χ0n) is 13.3. The van der Waals surface area contributed by atoms with E-state index in [1.807, 2.05) is 12.1 Å². The van der Waals surface area contributed by atoms with Crippen molar-refractivity contribution in [3.63, 3.8) is 0 Å². The minimum Gasteiger partial charge on any atom is -0.545 e. The summed E-state index contributed by atoms with van der Waals surface area (Å²) in [5.41, 5.74) is 1.25. The quantitative estimate of drug-likeness (QED) is 0.822. The van der Waals surface area contributed by atoms with Gasteiger partial charge in [0.15, 0.2) is 6.61 Å². The Bertz CT molecular complexity index is 741. The molecular formula is C18H17BrNO4-. The number of aromatic carboxylic acids is 1. The van der Waals surface area contributed by atoms with E-state index in [2.05, 4.69) is 35.1 Å². The number of carbonyl (C=O) groups excluding carboxylic acids is 2. The monoisotopic (exact) mass is 390 g/mol. The van der Waals surface area contributed by atoms with Gasteiger partial charge in [0.25, 0.3) is 5.91 Å². The summed E-state index contributed by atoms with van der Waals surface area (Å²) >= 11 is 3.18. The Morgan fingerprint density at radius 3 is 2.42 bits per heavy atom. The molecule has 2 aromatic carbocycles. The maximum absolute atomic E-state index is 12.0. The van der Waals surface area contributed by atoms with E-state index >= 15 is 0 Å². The van der Waals surface area contributed by atoms with Gasteiger partial charge in [-0.1, -0.05) is 41.9 Å². The number of ether oxygens (including phenoxy) is 1. The third-order valence-corrected chi connectivity index (χ3v) is 3.89. The maximum atomic E-state index is 12.0. The van der Waals surface area contributed by atoms with Gasteiger partial charge in [-0.05, 0) is 41.8 Å². The van der Waals surface area contributed by atoms with Crippen LogP contribution in [0.2, 0.25) is 0 Å². The zero-order valence-corrected chi connectivity index (χ0v) is 14.9. The Hall–Kier alpha value is -2.34. The average Bonchev–Trinajstić information content (AvgIpc) is 2.54. The molecule has 5 nitrogen and oxygen atoms in total. The fourth-order valence-electron chi connectivity index (χ4n) is 2.08. The van der Waals surface area contributed by atoms with E-state index in [9.17, 15) is 14.7 Å². The number of amides is 1. The SMILES string of the molecule is CC(C)c1ccc(OCC(=O)Nc2ccc(Br)cc2C(=O)[O-])cc1. The summed E-state index contributed by atoms with van der Waals surface area (Å²) in [4.78, 5) is 23.1. The van der Waals surface area contributed by atoms with Crippen LogP contribution in [0, 0.1) is 0 Å². The minimum absolute atomic E-state index is 0.0981. The molecule has 6 heteroatoms. The highest BCUT2D eigenvalue weighted by Gasteiger charge is 2.09. The van der Waals surface area contributed by atoms with Gasteiger partial charge in [-0.25, -0.2) is 0 Å². The summed E-state index contributed by atoms with van der Waals surface area (Å²) in [5.74, 6) is -0.821. The fraction of sp³-hybridized carbons (Fsp3) is 0.222. The van der Waals surface area contributed by atoms with Crippen molar-refractivity contribution in [3.8, 4) is 5.75 Å². The van der Waals surface area contributed by atoms with Crippen LogP contribution in [0.1, 0.15) is 35.7 Å². The Balaban J connectivity index is 1.97. The molecule has 0 fully saturated rings. The number of carboxylic acids is 1. The van der Waals surface area contributed by atoms with E-state index < -0.39 is 11.9 Å². The number of halogens is 1. The highest BCUT2D eigenvalue weighted by molar-refractivity contribution is 9.10. The van der Waals surface area contributed by atoms with Crippen LogP contribution in [0.5, 0.6) is 5.75 Å². The highest BCUT2D eigenvalue weighted by atomic mass is 79.9. The van der Waals surface area contributed by atoms with Crippen LogP contribution in [-0.2, 0) is 4.79 Å². The number of rotatable bonds is 6. The van der Waals surface area contributed by atoms with Crippen LogP contribution in [0.25, 0.3) is 0 Å². The third kappa shape index (κ3) is 4.83. The lowest BCUT2D eigenvalue weighted by atomic mass is 10.0. The van der Waals surface area contributed by atoms with Gasteiger partial charge < -0.3 is 20.0 Å². The van der Waals surface area contributed by atoms with Crippen molar-refractivity contribution in [1.82, 2.24) is 0 Å². The molecular weight excluding hydrogens is 374 g/mol. The highest BCUT2D eigenvalue weighted by Crippen LogP contribution is 2.21. The van der Waals surface area contributed by atoms with Gasteiger partial charge in [0.05, 0.1) is 5.97 Å². The molecule has 0 saturated carbocycles. The van der Waals surface area contributed by atoms with Gasteiger partial charge in [0, 0.05) is 15.7 Å². The molecule has 0 atom stereocenters. The van der Waals surface area contributed by atoms with Crippen molar-refractivity contribution >= 4 is 33.5 Å². The van der Waals surface area contributed by atoms with Crippen LogP contribution >= 0.6 is 15.9 Å². The van der Waals surface area contributed by atoms with Crippen LogP contribution in [0.15, 0.2) is 46.9 Å². The lowest BCUT2D eigenvalue weighted by Crippen LogP contribution is -2.26. The second-order valence-corrected chi connectivity index (χ2v) is 6.45. The van der Waals surface area contributed by atoms with Gasteiger partial charge in [-0.2, -0.15) is 0 Å². The zero-order chi connectivity index (χ0) is 17.7. The number of nitrogens with one attached hydrogen (secondary N) is 1. The molecule has 0 heterocycles. The van der Waals surface area contributed by atoms with E-state index in [4.69, 9.17) is 4.74 Å². The van der Waals surface area contributed by atoms with Gasteiger partial charge in [0.2, 0.25) is 0 Å².